The van der Waals surface area contributed by atoms with Crippen LogP contribution in [0, 0.1) is 11.3 Å². The van der Waals surface area contributed by atoms with E-state index in [-0.39, 0.29) is 11.8 Å². The second-order valence-electron chi connectivity index (χ2n) is 5.49. The van der Waals surface area contributed by atoms with Gasteiger partial charge in [-0.2, -0.15) is 5.10 Å². The van der Waals surface area contributed by atoms with Gasteiger partial charge in [-0.3, -0.25) is 9.89 Å². The Morgan fingerprint density at radius 2 is 2.33 bits per heavy atom. The predicted octanol–water partition coefficient (Wildman–Crippen LogP) is 1.30. The molecule has 1 aliphatic heterocycles. The van der Waals surface area contributed by atoms with Crippen molar-refractivity contribution in [2.45, 2.75) is 32.6 Å². The van der Waals surface area contributed by atoms with Crippen molar-refractivity contribution >= 4 is 11.7 Å². The first-order valence-corrected chi connectivity index (χ1v) is 6.79. The van der Waals surface area contributed by atoms with Gasteiger partial charge >= 0.3 is 0 Å². The van der Waals surface area contributed by atoms with E-state index in [1.165, 1.54) is 0 Å². The smallest absolute Gasteiger partial charge is 0.229 e. The van der Waals surface area contributed by atoms with Crippen LogP contribution in [-0.2, 0) is 11.2 Å². The fourth-order valence-corrected chi connectivity index (χ4v) is 3.02. The van der Waals surface area contributed by atoms with Crippen molar-refractivity contribution in [2.75, 3.05) is 18.4 Å². The molecule has 1 aromatic rings. The molecule has 2 fully saturated rings. The van der Waals surface area contributed by atoms with E-state index >= 15 is 0 Å². The third kappa shape index (κ3) is 2.03. The molecule has 0 bridgehead atoms. The van der Waals surface area contributed by atoms with E-state index in [4.69, 9.17) is 0 Å². The highest BCUT2D eigenvalue weighted by atomic mass is 16.2. The van der Waals surface area contributed by atoms with Gasteiger partial charge in [-0.05, 0) is 44.2 Å². The lowest BCUT2D eigenvalue weighted by molar-refractivity contribution is -0.118. The number of nitrogens with one attached hydrogen (secondary N) is 3. The minimum absolute atomic E-state index is 0.144. The molecular formula is C13H20N4O. The topological polar surface area (TPSA) is 69.8 Å². The van der Waals surface area contributed by atoms with E-state index < -0.39 is 0 Å². The molecule has 5 nitrogen and oxygen atoms in total. The van der Waals surface area contributed by atoms with Crippen molar-refractivity contribution in [3.05, 3.63) is 11.8 Å². The standard InChI is InChI=1S/C13H20N4O/c1-2-9-7-11(17-16-9)15-12(18)10-8-13(10)3-5-14-6-4-13/h7,10,14H,2-6,8H2,1H3,(H2,15,16,17,18). The first-order chi connectivity index (χ1) is 8.73. The van der Waals surface area contributed by atoms with Gasteiger partial charge in [-0.25, -0.2) is 0 Å². The zero-order valence-corrected chi connectivity index (χ0v) is 10.8. The van der Waals surface area contributed by atoms with Gasteiger partial charge in [0.05, 0.1) is 0 Å². The number of aromatic nitrogens is 2. The summed E-state index contributed by atoms with van der Waals surface area (Å²) >= 11 is 0. The number of nitrogens with zero attached hydrogens (tertiary/aromatic N) is 1. The number of hydrogen-bond acceptors (Lipinski definition) is 3. The van der Waals surface area contributed by atoms with E-state index in [0.717, 1.165) is 44.5 Å². The SMILES string of the molecule is CCc1cc(NC(=O)C2CC23CCNCC3)n[nH]1. The summed E-state index contributed by atoms with van der Waals surface area (Å²) in [5.74, 6) is 1.00. The highest BCUT2D eigenvalue weighted by Crippen LogP contribution is 2.58. The highest BCUT2D eigenvalue weighted by molar-refractivity contribution is 5.94. The third-order valence-corrected chi connectivity index (χ3v) is 4.37. The summed E-state index contributed by atoms with van der Waals surface area (Å²) in [5, 5.41) is 13.3. The molecule has 3 rings (SSSR count). The number of piperidine rings is 1. The molecule has 1 spiro atoms. The number of anilines is 1. The number of amides is 1. The maximum absolute atomic E-state index is 12.2. The molecule has 5 heteroatoms. The Balaban J connectivity index is 1.59. The molecule has 2 aliphatic rings. The number of aromatic amines is 1. The zero-order chi connectivity index (χ0) is 12.6. The zero-order valence-electron chi connectivity index (χ0n) is 10.8. The lowest BCUT2D eigenvalue weighted by atomic mass is 9.92. The maximum atomic E-state index is 12.2. The van der Waals surface area contributed by atoms with Crippen molar-refractivity contribution < 1.29 is 4.79 Å². The van der Waals surface area contributed by atoms with Crippen LogP contribution < -0.4 is 10.6 Å². The van der Waals surface area contributed by atoms with E-state index in [9.17, 15) is 4.79 Å². The van der Waals surface area contributed by atoms with Crippen LogP contribution in [-0.4, -0.2) is 29.2 Å². The summed E-state index contributed by atoms with van der Waals surface area (Å²) in [4.78, 5) is 12.2. The number of hydrogen-bond donors (Lipinski definition) is 3. The van der Waals surface area contributed by atoms with Crippen molar-refractivity contribution in [1.29, 1.82) is 0 Å². The van der Waals surface area contributed by atoms with E-state index in [2.05, 4.69) is 27.8 Å². The first kappa shape index (κ1) is 11.7. The van der Waals surface area contributed by atoms with Gasteiger partial charge in [0.25, 0.3) is 0 Å². The summed E-state index contributed by atoms with van der Waals surface area (Å²) in [5.41, 5.74) is 1.34. The Hall–Kier alpha value is -1.36. The Morgan fingerprint density at radius 1 is 1.56 bits per heavy atom. The largest absolute Gasteiger partial charge is 0.317 e. The van der Waals surface area contributed by atoms with Gasteiger partial charge in [-0.1, -0.05) is 6.92 Å². The van der Waals surface area contributed by atoms with Crippen LogP contribution >= 0.6 is 0 Å². The molecule has 1 saturated carbocycles. The molecule has 18 heavy (non-hydrogen) atoms. The lowest BCUT2D eigenvalue weighted by Crippen LogP contribution is -2.31. The van der Waals surface area contributed by atoms with Crippen LogP contribution in [0.1, 0.15) is 31.9 Å². The first-order valence-electron chi connectivity index (χ1n) is 6.79. The predicted molar refractivity (Wildman–Crippen MR) is 69.2 cm³/mol. The lowest BCUT2D eigenvalue weighted by Gasteiger charge is -2.23. The molecule has 0 radical (unpaired) electrons. The highest BCUT2D eigenvalue weighted by Gasteiger charge is 2.57. The minimum atomic E-state index is 0.144. The average molecular weight is 248 g/mol. The van der Waals surface area contributed by atoms with Crippen LogP contribution in [0.25, 0.3) is 0 Å². The molecule has 3 N–H and O–H groups in total. The van der Waals surface area contributed by atoms with E-state index in [1.54, 1.807) is 0 Å². The molecule has 1 unspecified atom stereocenters. The Labute approximate surface area is 107 Å². The number of H-pyrrole nitrogens is 1. The minimum Gasteiger partial charge on any atom is -0.317 e. The molecular weight excluding hydrogens is 228 g/mol. The quantitative estimate of drug-likeness (QED) is 0.755. The molecule has 1 atom stereocenters. The van der Waals surface area contributed by atoms with Gasteiger partial charge in [0, 0.05) is 17.7 Å². The summed E-state index contributed by atoms with van der Waals surface area (Å²) in [6, 6.07) is 1.91. The van der Waals surface area contributed by atoms with Crippen molar-refractivity contribution in [3.8, 4) is 0 Å². The van der Waals surface area contributed by atoms with Crippen molar-refractivity contribution in [2.24, 2.45) is 11.3 Å². The third-order valence-electron chi connectivity index (χ3n) is 4.37. The maximum Gasteiger partial charge on any atom is 0.229 e. The summed E-state index contributed by atoms with van der Waals surface area (Å²) in [6.07, 6.45) is 4.21. The second-order valence-corrected chi connectivity index (χ2v) is 5.49. The molecule has 98 valence electrons. The summed E-state index contributed by atoms with van der Waals surface area (Å²) < 4.78 is 0. The number of rotatable bonds is 3. The normalized spacial score (nSPS) is 25.1. The van der Waals surface area contributed by atoms with Gasteiger partial charge in [0.2, 0.25) is 5.91 Å². The average Bonchev–Trinajstić information content (AvgIpc) is 2.88. The monoisotopic (exact) mass is 248 g/mol. The van der Waals surface area contributed by atoms with Crippen LogP contribution in [0.4, 0.5) is 5.82 Å². The molecule has 1 amide bonds. The Morgan fingerprint density at radius 3 is 3.00 bits per heavy atom. The van der Waals surface area contributed by atoms with E-state index in [1.807, 2.05) is 6.07 Å². The molecule has 2 heterocycles. The van der Waals surface area contributed by atoms with Crippen LogP contribution in [0.2, 0.25) is 0 Å². The van der Waals surface area contributed by atoms with Gasteiger partial charge in [-0.15, -0.1) is 0 Å². The molecule has 0 aromatic carbocycles. The van der Waals surface area contributed by atoms with Crippen molar-refractivity contribution in [3.63, 3.8) is 0 Å². The number of carbonyl (C=O) groups excluding carboxylic acids is 1. The van der Waals surface area contributed by atoms with E-state index in [0.29, 0.717) is 11.2 Å². The van der Waals surface area contributed by atoms with Gasteiger partial charge in [0.1, 0.15) is 0 Å². The number of carbonyl (C=O) groups is 1. The molecule has 1 aromatic heterocycles. The fourth-order valence-electron chi connectivity index (χ4n) is 3.02. The summed E-state index contributed by atoms with van der Waals surface area (Å²) in [7, 11) is 0. The van der Waals surface area contributed by atoms with Gasteiger partial charge in [0.15, 0.2) is 5.82 Å². The Kier molecular flexibility index (Phi) is 2.86. The van der Waals surface area contributed by atoms with Crippen LogP contribution in [0.3, 0.4) is 0 Å². The molecule has 1 aliphatic carbocycles. The van der Waals surface area contributed by atoms with Crippen LogP contribution in [0.5, 0.6) is 0 Å². The fraction of sp³-hybridized carbons (Fsp3) is 0.692. The Bertz CT molecular complexity index is 448. The number of aryl methyl sites for hydroxylation is 1. The summed E-state index contributed by atoms with van der Waals surface area (Å²) in [6.45, 7) is 4.16. The molecule has 1 saturated heterocycles. The van der Waals surface area contributed by atoms with Crippen molar-refractivity contribution in [1.82, 2.24) is 15.5 Å². The van der Waals surface area contributed by atoms with Crippen LogP contribution in [0.15, 0.2) is 6.07 Å². The van der Waals surface area contributed by atoms with Gasteiger partial charge < -0.3 is 10.6 Å². The second kappa shape index (κ2) is 4.39.